The Kier molecular flexibility index (Phi) is 5.98. The molecule has 0 radical (unpaired) electrons. The number of tetrazole rings is 1. The number of hydrogen-bond acceptors (Lipinski definition) is 6. The van der Waals surface area contributed by atoms with Crippen molar-refractivity contribution >= 4 is 5.69 Å². The van der Waals surface area contributed by atoms with Gasteiger partial charge in [-0.25, -0.2) is 8.78 Å². The van der Waals surface area contributed by atoms with E-state index < -0.39 is 0 Å². The second kappa shape index (κ2) is 8.83. The zero-order valence-electron chi connectivity index (χ0n) is 17.1. The van der Waals surface area contributed by atoms with E-state index in [1.165, 1.54) is 6.07 Å². The van der Waals surface area contributed by atoms with Crippen LogP contribution in [0.1, 0.15) is 25.1 Å². The first-order valence-electron chi connectivity index (χ1n) is 10.1. The Balaban J connectivity index is 1.56. The van der Waals surface area contributed by atoms with Gasteiger partial charge in [0.05, 0.1) is 16.9 Å². The molecule has 1 aliphatic rings. The summed E-state index contributed by atoms with van der Waals surface area (Å²) in [7, 11) is 0. The van der Waals surface area contributed by atoms with Crippen LogP contribution in [-0.2, 0) is 13.0 Å². The Morgan fingerprint density at radius 2 is 1.90 bits per heavy atom. The van der Waals surface area contributed by atoms with Gasteiger partial charge in [-0.05, 0) is 47.4 Å². The molecule has 9 heteroatoms. The van der Waals surface area contributed by atoms with E-state index in [1.54, 1.807) is 18.3 Å². The highest BCUT2D eigenvalue weighted by Gasteiger charge is 2.25. The first-order valence-corrected chi connectivity index (χ1v) is 10.1. The van der Waals surface area contributed by atoms with Crippen molar-refractivity contribution in [1.82, 2.24) is 30.5 Å². The van der Waals surface area contributed by atoms with Gasteiger partial charge in [-0.2, -0.15) is 5.21 Å². The number of piperazine rings is 1. The zero-order valence-corrected chi connectivity index (χ0v) is 17.1. The van der Waals surface area contributed by atoms with Crippen LogP contribution >= 0.6 is 0 Å². The number of benzene rings is 1. The van der Waals surface area contributed by atoms with E-state index >= 15 is 4.39 Å². The SMILES string of the molecule is CC(C)Cc1cc(F)c(-c2nn[nH]n2)c(N2CCN(Cc3ncccc3F)CC2)c1. The highest BCUT2D eigenvalue weighted by Crippen LogP contribution is 2.34. The third-order valence-electron chi connectivity index (χ3n) is 5.26. The fraction of sp³-hybridized carbons (Fsp3) is 0.429. The van der Waals surface area contributed by atoms with E-state index in [1.807, 2.05) is 6.07 Å². The smallest absolute Gasteiger partial charge is 0.209 e. The molecular weight excluding hydrogens is 388 g/mol. The summed E-state index contributed by atoms with van der Waals surface area (Å²) in [5, 5.41) is 14.0. The van der Waals surface area contributed by atoms with E-state index in [9.17, 15) is 4.39 Å². The molecular formula is C21H25F2N7. The number of anilines is 1. The van der Waals surface area contributed by atoms with Crippen molar-refractivity contribution < 1.29 is 8.78 Å². The Morgan fingerprint density at radius 3 is 2.57 bits per heavy atom. The standard InChI is InChI=1S/C21H25F2N7/c1-14(2)10-15-11-17(23)20(21-25-27-28-26-21)19(12-15)30-8-6-29(7-9-30)13-18-16(22)4-3-5-24-18/h3-5,11-12,14H,6-10,13H2,1-2H3,(H,25,26,27,28). The molecule has 0 unspecified atom stereocenters. The largest absolute Gasteiger partial charge is 0.368 e. The van der Waals surface area contributed by atoms with Crippen LogP contribution in [0.2, 0.25) is 0 Å². The van der Waals surface area contributed by atoms with E-state index in [0.29, 0.717) is 36.8 Å². The van der Waals surface area contributed by atoms with Crippen LogP contribution in [0, 0.1) is 17.6 Å². The summed E-state index contributed by atoms with van der Waals surface area (Å²) >= 11 is 0. The van der Waals surface area contributed by atoms with E-state index in [0.717, 1.165) is 30.8 Å². The van der Waals surface area contributed by atoms with Crippen LogP contribution in [0.5, 0.6) is 0 Å². The van der Waals surface area contributed by atoms with Gasteiger partial charge in [0, 0.05) is 38.9 Å². The quantitative estimate of drug-likeness (QED) is 0.670. The van der Waals surface area contributed by atoms with E-state index in [4.69, 9.17) is 0 Å². The van der Waals surface area contributed by atoms with Gasteiger partial charge < -0.3 is 4.90 Å². The lowest BCUT2D eigenvalue weighted by Gasteiger charge is -2.37. The fourth-order valence-electron chi connectivity index (χ4n) is 3.87. The normalized spacial score (nSPS) is 15.2. The molecule has 0 saturated carbocycles. The van der Waals surface area contributed by atoms with Crippen molar-refractivity contribution in [2.75, 3.05) is 31.1 Å². The molecule has 1 N–H and O–H groups in total. The molecule has 4 rings (SSSR count). The summed E-state index contributed by atoms with van der Waals surface area (Å²) in [6.07, 6.45) is 2.39. The van der Waals surface area contributed by atoms with Gasteiger partial charge in [0.15, 0.2) is 0 Å². The third kappa shape index (κ3) is 4.46. The predicted octanol–water partition coefficient (Wildman–Crippen LogP) is 3.06. The highest BCUT2D eigenvalue weighted by molar-refractivity contribution is 5.75. The number of rotatable bonds is 6. The van der Waals surface area contributed by atoms with Crippen molar-refractivity contribution in [3.63, 3.8) is 0 Å². The number of aromatic amines is 1. The number of nitrogens with zero attached hydrogens (tertiary/aromatic N) is 6. The van der Waals surface area contributed by atoms with Gasteiger partial charge in [-0.15, -0.1) is 10.2 Å². The topological polar surface area (TPSA) is 73.8 Å². The molecule has 158 valence electrons. The molecule has 1 fully saturated rings. The number of H-pyrrole nitrogens is 1. The molecule has 0 bridgehead atoms. The molecule has 0 spiro atoms. The fourth-order valence-corrected chi connectivity index (χ4v) is 3.87. The summed E-state index contributed by atoms with van der Waals surface area (Å²) in [5.41, 5.74) is 2.53. The predicted molar refractivity (Wildman–Crippen MR) is 110 cm³/mol. The summed E-state index contributed by atoms with van der Waals surface area (Å²) < 4.78 is 29.0. The van der Waals surface area contributed by atoms with Crippen molar-refractivity contribution in [3.8, 4) is 11.4 Å². The second-order valence-corrected chi connectivity index (χ2v) is 8.00. The minimum absolute atomic E-state index is 0.247. The van der Waals surface area contributed by atoms with Crippen LogP contribution in [0.4, 0.5) is 14.5 Å². The number of aromatic nitrogens is 5. The van der Waals surface area contributed by atoms with Gasteiger partial charge >= 0.3 is 0 Å². The Hall–Kier alpha value is -2.94. The monoisotopic (exact) mass is 413 g/mol. The van der Waals surface area contributed by atoms with Crippen LogP contribution in [0.3, 0.4) is 0 Å². The van der Waals surface area contributed by atoms with E-state index in [2.05, 4.69) is 49.3 Å². The van der Waals surface area contributed by atoms with E-state index in [-0.39, 0.29) is 17.5 Å². The van der Waals surface area contributed by atoms with Crippen molar-refractivity contribution in [1.29, 1.82) is 0 Å². The first-order chi connectivity index (χ1) is 14.5. The van der Waals surface area contributed by atoms with Crippen molar-refractivity contribution in [2.24, 2.45) is 5.92 Å². The van der Waals surface area contributed by atoms with Gasteiger partial charge in [0.1, 0.15) is 11.6 Å². The van der Waals surface area contributed by atoms with Crippen LogP contribution < -0.4 is 4.90 Å². The minimum Gasteiger partial charge on any atom is -0.368 e. The summed E-state index contributed by atoms with van der Waals surface area (Å²) in [4.78, 5) is 8.44. The molecule has 1 aliphatic heterocycles. The summed E-state index contributed by atoms with van der Waals surface area (Å²) in [5.74, 6) is 0.0280. The van der Waals surface area contributed by atoms with Crippen LogP contribution in [0.25, 0.3) is 11.4 Å². The first kappa shape index (κ1) is 20.3. The van der Waals surface area contributed by atoms with Gasteiger partial charge in [0.2, 0.25) is 5.82 Å². The van der Waals surface area contributed by atoms with Gasteiger partial charge in [0.25, 0.3) is 0 Å². The molecule has 3 aromatic rings. The molecule has 1 aromatic carbocycles. The maximum absolute atomic E-state index is 15.1. The Morgan fingerprint density at radius 1 is 1.10 bits per heavy atom. The van der Waals surface area contributed by atoms with Gasteiger partial charge in [-0.3, -0.25) is 9.88 Å². The second-order valence-electron chi connectivity index (χ2n) is 8.00. The average molecular weight is 413 g/mol. The van der Waals surface area contributed by atoms with Crippen molar-refractivity contribution in [2.45, 2.75) is 26.8 Å². The van der Waals surface area contributed by atoms with Crippen LogP contribution in [0.15, 0.2) is 30.5 Å². The zero-order chi connectivity index (χ0) is 21.1. The van der Waals surface area contributed by atoms with Crippen LogP contribution in [-0.4, -0.2) is 56.7 Å². The Labute approximate surface area is 174 Å². The lowest BCUT2D eigenvalue weighted by atomic mass is 9.98. The molecule has 30 heavy (non-hydrogen) atoms. The van der Waals surface area contributed by atoms with Gasteiger partial charge in [-0.1, -0.05) is 13.8 Å². The number of pyridine rings is 1. The average Bonchev–Trinajstić information content (AvgIpc) is 3.24. The molecule has 7 nitrogen and oxygen atoms in total. The lowest BCUT2D eigenvalue weighted by Crippen LogP contribution is -2.46. The molecule has 2 aromatic heterocycles. The summed E-state index contributed by atoms with van der Waals surface area (Å²) in [6.45, 7) is 7.49. The highest BCUT2D eigenvalue weighted by atomic mass is 19.1. The van der Waals surface area contributed by atoms with Crippen molar-refractivity contribution in [3.05, 3.63) is 53.4 Å². The Bertz CT molecular complexity index is 983. The maximum Gasteiger partial charge on any atom is 0.209 e. The lowest BCUT2D eigenvalue weighted by molar-refractivity contribution is 0.243. The number of nitrogens with one attached hydrogen (secondary N) is 1. The molecule has 0 amide bonds. The molecule has 0 atom stereocenters. The number of hydrogen-bond donors (Lipinski definition) is 1. The summed E-state index contributed by atoms with van der Waals surface area (Å²) in [6, 6.07) is 6.62. The molecule has 0 aliphatic carbocycles. The number of halogens is 2. The maximum atomic E-state index is 15.1. The molecule has 1 saturated heterocycles. The minimum atomic E-state index is -0.345. The third-order valence-corrected chi connectivity index (χ3v) is 5.26. The molecule has 3 heterocycles.